The lowest BCUT2D eigenvalue weighted by atomic mass is 9.67. The van der Waals surface area contributed by atoms with Crippen LogP contribution in [-0.2, 0) is 19.1 Å². The van der Waals surface area contributed by atoms with Gasteiger partial charge in [0.25, 0.3) is 0 Å². The summed E-state index contributed by atoms with van der Waals surface area (Å²) in [5.41, 5.74) is -0.857. The molecule has 0 radical (unpaired) electrons. The summed E-state index contributed by atoms with van der Waals surface area (Å²) in [6, 6.07) is 0.281. The van der Waals surface area contributed by atoms with Crippen LogP contribution in [0.3, 0.4) is 0 Å². The summed E-state index contributed by atoms with van der Waals surface area (Å²) < 4.78 is 10.3. The summed E-state index contributed by atoms with van der Waals surface area (Å²) >= 11 is 0. The van der Waals surface area contributed by atoms with Crippen molar-refractivity contribution < 1.29 is 19.1 Å². The third kappa shape index (κ3) is 3.37. The summed E-state index contributed by atoms with van der Waals surface area (Å²) in [5, 5.41) is 2.99. The molecule has 0 aromatic carbocycles. The minimum Gasteiger partial charge on any atom is -0.354 e. The molecule has 6 nitrogen and oxygen atoms in total. The molecule has 0 unspecified atom stereocenters. The van der Waals surface area contributed by atoms with Crippen molar-refractivity contribution in [2.45, 2.75) is 51.4 Å². The van der Waals surface area contributed by atoms with E-state index < -0.39 is 11.7 Å². The molecule has 0 aromatic heterocycles. The van der Waals surface area contributed by atoms with E-state index in [4.69, 9.17) is 9.47 Å². The first-order valence-electron chi connectivity index (χ1n) is 7.73. The normalized spacial score (nSPS) is 20.0. The molecule has 2 aliphatic rings. The van der Waals surface area contributed by atoms with E-state index in [1.54, 1.807) is 19.1 Å². The number of carbonyl (C=O) groups excluding carboxylic acids is 2. The quantitative estimate of drug-likeness (QED) is 0.534. The Bertz CT molecular complexity index is 387. The van der Waals surface area contributed by atoms with Gasteiger partial charge in [0.1, 0.15) is 5.41 Å². The van der Waals surface area contributed by atoms with Crippen molar-refractivity contribution in [2.24, 2.45) is 5.41 Å². The molecule has 21 heavy (non-hydrogen) atoms. The maximum absolute atomic E-state index is 12.8. The summed E-state index contributed by atoms with van der Waals surface area (Å²) in [7, 11) is 3.09. The highest BCUT2D eigenvalue weighted by Crippen LogP contribution is 2.43. The van der Waals surface area contributed by atoms with Crippen LogP contribution in [0.5, 0.6) is 0 Å². The molecule has 0 atom stereocenters. The molecule has 0 aromatic rings. The van der Waals surface area contributed by atoms with Crippen molar-refractivity contribution in [3.05, 3.63) is 0 Å². The third-order valence-corrected chi connectivity index (χ3v) is 4.53. The number of methoxy groups -OCH3 is 2. The summed E-state index contributed by atoms with van der Waals surface area (Å²) in [4.78, 5) is 27.0. The van der Waals surface area contributed by atoms with Crippen LogP contribution in [0.1, 0.15) is 39.0 Å². The molecule has 2 fully saturated rings. The number of ether oxygens (including phenoxy) is 2. The average molecular weight is 298 g/mol. The minimum atomic E-state index is -0.857. The van der Waals surface area contributed by atoms with E-state index in [9.17, 15) is 9.59 Å². The van der Waals surface area contributed by atoms with E-state index in [1.165, 1.54) is 0 Å². The molecule has 0 heterocycles. The first-order valence-corrected chi connectivity index (χ1v) is 7.73. The third-order valence-electron chi connectivity index (χ3n) is 4.53. The van der Waals surface area contributed by atoms with E-state index in [1.807, 2.05) is 6.92 Å². The molecule has 1 N–H and O–H groups in total. The van der Waals surface area contributed by atoms with Gasteiger partial charge in [-0.05, 0) is 32.6 Å². The van der Waals surface area contributed by atoms with Crippen LogP contribution < -0.4 is 5.32 Å². The number of amides is 2. The largest absolute Gasteiger partial charge is 0.354 e. The van der Waals surface area contributed by atoms with Gasteiger partial charge in [-0.2, -0.15) is 0 Å². The first-order chi connectivity index (χ1) is 10.1. The summed E-state index contributed by atoms with van der Waals surface area (Å²) in [6.45, 7) is 2.80. The molecule has 2 aliphatic carbocycles. The van der Waals surface area contributed by atoms with Gasteiger partial charge in [0.05, 0.1) is 6.54 Å². The van der Waals surface area contributed by atoms with Crippen LogP contribution in [0.4, 0.5) is 0 Å². The number of nitrogens with zero attached hydrogens (tertiary/aromatic N) is 1. The standard InChI is InChI=1S/C15H26N2O4/c1-4-17(10-12(20-2)21-3)14(19)15(8-5-9-15)13(18)16-11-6-7-11/h11-12H,4-10H2,1-3H3,(H,16,18). The zero-order valence-electron chi connectivity index (χ0n) is 13.2. The maximum Gasteiger partial charge on any atom is 0.238 e. The van der Waals surface area contributed by atoms with Crippen molar-refractivity contribution in [3.8, 4) is 0 Å². The lowest BCUT2D eigenvalue weighted by Gasteiger charge is -2.42. The average Bonchev–Trinajstić information content (AvgIpc) is 3.22. The van der Waals surface area contributed by atoms with E-state index >= 15 is 0 Å². The number of rotatable bonds is 8. The van der Waals surface area contributed by atoms with Crippen LogP contribution in [0.15, 0.2) is 0 Å². The second kappa shape index (κ2) is 6.75. The molecule has 6 heteroatoms. The number of carbonyl (C=O) groups is 2. The molecular formula is C15H26N2O4. The van der Waals surface area contributed by atoms with Crippen LogP contribution in [0.25, 0.3) is 0 Å². The Morgan fingerprint density at radius 2 is 1.90 bits per heavy atom. The Morgan fingerprint density at radius 1 is 1.29 bits per heavy atom. The fraction of sp³-hybridized carbons (Fsp3) is 0.867. The van der Waals surface area contributed by atoms with E-state index in [0.717, 1.165) is 19.3 Å². The lowest BCUT2D eigenvalue weighted by Crippen LogP contribution is -2.57. The predicted molar refractivity (Wildman–Crippen MR) is 77.5 cm³/mol. The van der Waals surface area contributed by atoms with Gasteiger partial charge in [0.15, 0.2) is 6.29 Å². The van der Waals surface area contributed by atoms with Crippen LogP contribution in [0, 0.1) is 5.41 Å². The minimum absolute atomic E-state index is 0.0894. The van der Waals surface area contributed by atoms with Crippen molar-refractivity contribution in [1.29, 1.82) is 0 Å². The SMILES string of the molecule is CCN(CC(OC)OC)C(=O)C1(C(=O)NC2CC2)CCC1. The fourth-order valence-electron chi connectivity index (χ4n) is 2.70. The second-order valence-electron chi connectivity index (χ2n) is 5.93. The number of hydrogen-bond donors (Lipinski definition) is 1. The molecule has 120 valence electrons. The van der Waals surface area contributed by atoms with Crippen LogP contribution in [-0.4, -0.2) is 56.4 Å². The van der Waals surface area contributed by atoms with Gasteiger partial charge < -0.3 is 19.7 Å². The van der Waals surface area contributed by atoms with Crippen molar-refractivity contribution in [3.63, 3.8) is 0 Å². The van der Waals surface area contributed by atoms with Gasteiger partial charge in [0, 0.05) is 26.8 Å². The van der Waals surface area contributed by atoms with Crippen molar-refractivity contribution >= 4 is 11.8 Å². The number of likely N-dealkylation sites (N-methyl/N-ethyl adjacent to an activating group) is 1. The lowest BCUT2D eigenvalue weighted by molar-refractivity contribution is -0.164. The molecule has 0 aliphatic heterocycles. The van der Waals surface area contributed by atoms with Gasteiger partial charge in [-0.25, -0.2) is 0 Å². The molecule has 2 saturated carbocycles. The topological polar surface area (TPSA) is 67.9 Å². The second-order valence-corrected chi connectivity index (χ2v) is 5.93. The monoisotopic (exact) mass is 298 g/mol. The molecule has 2 amide bonds. The van der Waals surface area contributed by atoms with Gasteiger partial charge in [-0.15, -0.1) is 0 Å². The van der Waals surface area contributed by atoms with Crippen molar-refractivity contribution in [2.75, 3.05) is 27.3 Å². The van der Waals surface area contributed by atoms with Gasteiger partial charge >= 0.3 is 0 Å². The Labute approximate surface area is 126 Å². The van der Waals surface area contributed by atoms with E-state index in [-0.39, 0.29) is 17.9 Å². The Balaban J connectivity index is 2.04. The summed E-state index contributed by atoms with van der Waals surface area (Å²) in [6.07, 6.45) is 3.82. The van der Waals surface area contributed by atoms with E-state index in [2.05, 4.69) is 5.32 Å². The van der Waals surface area contributed by atoms with Gasteiger partial charge in [-0.3, -0.25) is 9.59 Å². The Kier molecular flexibility index (Phi) is 5.22. The first kappa shape index (κ1) is 16.2. The number of nitrogens with one attached hydrogen (secondary N) is 1. The van der Waals surface area contributed by atoms with Gasteiger partial charge in [-0.1, -0.05) is 6.42 Å². The maximum atomic E-state index is 12.8. The molecule has 2 rings (SSSR count). The highest BCUT2D eigenvalue weighted by Gasteiger charge is 2.53. The predicted octanol–water partition coefficient (Wildman–Crippen LogP) is 0.903. The smallest absolute Gasteiger partial charge is 0.238 e. The van der Waals surface area contributed by atoms with Crippen LogP contribution in [0.2, 0.25) is 0 Å². The highest BCUT2D eigenvalue weighted by molar-refractivity contribution is 6.06. The fourth-order valence-corrected chi connectivity index (χ4v) is 2.70. The van der Waals surface area contributed by atoms with Crippen LogP contribution >= 0.6 is 0 Å². The van der Waals surface area contributed by atoms with Gasteiger partial charge in [0.2, 0.25) is 11.8 Å². The highest BCUT2D eigenvalue weighted by atomic mass is 16.7. The van der Waals surface area contributed by atoms with Crippen molar-refractivity contribution in [1.82, 2.24) is 10.2 Å². The molecular weight excluding hydrogens is 272 g/mol. The molecule has 0 spiro atoms. The molecule has 0 saturated heterocycles. The molecule has 0 bridgehead atoms. The Morgan fingerprint density at radius 3 is 2.29 bits per heavy atom. The van der Waals surface area contributed by atoms with E-state index in [0.29, 0.717) is 25.9 Å². The Hall–Kier alpha value is -1.14. The zero-order chi connectivity index (χ0) is 15.5. The zero-order valence-corrected chi connectivity index (χ0v) is 13.2. The summed E-state index contributed by atoms with van der Waals surface area (Å²) in [5.74, 6) is -0.181. The number of hydrogen-bond acceptors (Lipinski definition) is 4.